The molecule has 0 radical (unpaired) electrons. The van der Waals surface area contributed by atoms with E-state index in [2.05, 4.69) is 20.6 Å². The highest BCUT2D eigenvalue weighted by Gasteiger charge is 2.13. The number of halogens is 1. The lowest BCUT2D eigenvalue weighted by molar-refractivity contribution is 0.174. The van der Waals surface area contributed by atoms with Crippen LogP contribution >= 0.6 is 11.6 Å². The van der Waals surface area contributed by atoms with Gasteiger partial charge in [-0.05, 0) is 42.0 Å². The summed E-state index contributed by atoms with van der Waals surface area (Å²) in [5.74, 6) is 2.76. The van der Waals surface area contributed by atoms with E-state index in [1.165, 1.54) is 0 Å². The van der Waals surface area contributed by atoms with Gasteiger partial charge in [-0.1, -0.05) is 23.7 Å². The second-order valence-corrected chi connectivity index (χ2v) is 5.88. The average Bonchev–Trinajstić information content (AvgIpc) is 3.08. The van der Waals surface area contributed by atoms with Crippen molar-refractivity contribution in [2.45, 2.75) is 6.54 Å². The van der Waals surface area contributed by atoms with Gasteiger partial charge < -0.3 is 20.1 Å². The molecular formula is C18H15ClN4O2. The zero-order valence-electron chi connectivity index (χ0n) is 13.2. The Hall–Kier alpha value is -2.99. The summed E-state index contributed by atoms with van der Waals surface area (Å²) in [6.07, 6.45) is 1.70. The van der Waals surface area contributed by atoms with E-state index in [1.807, 2.05) is 48.5 Å². The molecule has 6 nitrogen and oxygen atoms in total. The van der Waals surface area contributed by atoms with Gasteiger partial charge in [-0.25, -0.2) is 4.98 Å². The molecule has 0 atom stereocenters. The normalized spacial score (nSPS) is 12.0. The van der Waals surface area contributed by atoms with Crippen molar-refractivity contribution in [2.24, 2.45) is 0 Å². The molecule has 1 aromatic heterocycles. The van der Waals surface area contributed by atoms with Gasteiger partial charge in [-0.3, -0.25) is 0 Å². The van der Waals surface area contributed by atoms with Gasteiger partial charge in [0.25, 0.3) is 0 Å². The van der Waals surface area contributed by atoms with E-state index in [4.69, 9.17) is 21.1 Å². The standard InChI is InChI=1S/C18H15ClN4O2/c19-13-2-1-3-14(9-13)22-18-20-7-6-17(23-18)21-10-12-4-5-15-16(8-12)25-11-24-15/h1-9H,10-11H2,(H2,20,21,22,23). The lowest BCUT2D eigenvalue weighted by Crippen LogP contribution is -2.04. The molecule has 2 N–H and O–H groups in total. The van der Waals surface area contributed by atoms with Crippen LogP contribution in [0.25, 0.3) is 0 Å². The molecule has 7 heteroatoms. The number of nitrogens with one attached hydrogen (secondary N) is 2. The minimum Gasteiger partial charge on any atom is -0.454 e. The highest BCUT2D eigenvalue weighted by molar-refractivity contribution is 6.30. The summed E-state index contributed by atoms with van der Waals surface area (Å²) >= 11 is 5.99. The Morgan fingerprint density at radius 3 is 2.88 bits per heavy atom. The number of hydrogen-bond donors (Lipinski definition) is 2. The van der Waals surface area contributed by atoms with E-state index in [1.54, 1.807) is 6.20 Å². The Balaban J connectivity index is 1.43. The molecule has 0 amide bonds. The predicted molar refractivity (Wildman–Crippen MR) is 96.7 cm³/mol. The van der Waals surface area contributed by atoms with E-state index < -0.39 is 0 Å². The summed E-state index contributed by atoms with van der Waals surface area (Å²) in [4.78, 5) is 8.68. The molecule has 1 aliphatic heterocycles. The zero-order chi connectivity index (χ0) is 17.1. The third kappa shape index (κ3) is 3.75. The Morgan fingerprint density at radius 2 is 1.96 bits per heavy atom. The van der Waals surface area contributed by atoms with E-state index in [0.29, 0.717) is 17.5 Å². The van der Waals surface area contributed by atoms with Gasteiger partial charge in [0.2, 0.25) is 12.7 Å². The maximum Gasteiger partial charge on any atom is 0.231 e. The number of anilines is 3. The molecule has 2 aromatic carbocycles. The van der Waals surface area contributed by atoms with Crippen molar-refractivity contribution in [1.82, 2.24) is 9.97 Å². The van der Waals surface area contributed by atoms with Gasteiger partial charge in [0, 0.05) is 23.5 Å². The summed E-state index contributed by atoms with van der Waals surface area (Å²) in [5, 5.41) is 7.06. The molecule has 0 unspecified atom stereocenters. The summed E-state index contributed by atoms with van der Waals surface area (Å²) < 4.78 is 10.7. The van der Waals surface area contributed by atoms with Gasteiger partial charge in [0.1, 0.15) is 5.82 Å². The van der Waals surface area contributed by atoms with E-state index in [0.717, 1.165) is 28.6 Å². The summed E-state index contributed by atoms with van der Waals surface area (Å²) in [6, 6.07) is 15.1. The van der Waals surface area contributed by atoms with Crippen molar-refractivity contribution < 1.29 is 9.47 Å². The number of rotatable bonds is 5. The number of hydrogen-bond acceptors (Lipinski definition) is 6. The van der Waals surface area contributed by atoms with Crippen molar-refractivity contribution >= 4 is 29.1 Å². The van der Waals surface area contributed by atoms with Crippen LogP contribution in [0.15, 0.2) is 54.7 Å². The minimum absolute atomic E-state index is 0.274. The Labute approximate surface area is 149 Å². The average molecular weight is 355 g/mol. The fourth-order valence-corrected chi connectivity index (χ4v) is 2.65. The highest BCUT2D eigenvalue weighted by Crippen LogP contribution is 2.32. The quantitative estimate of drug-likeness (QED) is 0.715. The third-order valence-electron chi connectivity index (χ3n) is 3.65. The fourth-order valence-electron chi connectivity index (χ4n) is 2.46. The van der Waals surface area contributed by atoms with Crippen LogP contribution in [0.5, 0.6) is 11.5 Å². The number of ether oxygens (including phenoxy) is 2. The lowest BCUT2D eigenvalue weighted by atomic mass is 10.2. The fraction of sp³-hybridized carbons (Fsp3) is 0.111. The summed E-state index contributed by atoms with van der Waals surface area (Å²) in [5.41, 5.74) is 1.91. The highest BCUT2D eigenvalue weighted by atomic mass is 35.5. The zero-order valence-corrected chi connectivity index (χ0v) is 14.0. The molecule has 3 aromatic rings. The molecule has 0 fully saturated rings. The minimum atomic E-state index is 0.274. The van der Waals surface area contributed by atoms with Crippen LogP contribution < -0.4 is 20.1 Å². The van der Waals surface area contributed by atoms with Gasteiger partial charge in [-0.2, -0.15) is 4.98 Å². The summed E-state index contributed by atoms with van der Waals surface area (Å²) in [7, 11) is 0. The molecule has 0 spiro atoms. The molecule has 1 aliphatic rings. The Morgan fingerprint density at radius 1 is 1.04 bits per heavy atom. The molecule has 4 rings (SSSR count). The lowest BCUT2D eigenvalue weighted by Gasteiger charge is -2.09. The van der Waals surface area contributed by atoms with E-state index >= 15 is 0 Å². The SMILES string of the molecule is Clc1cccc(Nc2nccc(NCc3ccc4c(c3)OCO4)n2)c1. The van der Waals surface area contributed by atoms with E-state index in [-0.39, 0.29) is 6.79 Å². The first-order chi connectivity index (χ1) is 12.3. The number of benzene rings is 2. The van der Waals surface area contributed by atoms with Crippen LogP contribution in [0.3, 0.4) is 0 Å². The van der Waals surface area contributed by atoms with Crippen molar-refractivity contribution in [3.05, 3.63) is 65.3 Å². The van der Waals surface area contributed by atoms with Crippen LogP contribution in [0, 0.1) is 0 Å². The topological polar surface area (TPSA) is 68.3 Å². The molecular weight excluding hydrogens is 340 g/mol. The molecule has 0 aliphatic carbocycles. The van der Waals surface area contributed by atoms with Gasteiger partial charge in [0.15, 0.2) is 11.5 Å². The van der Waals surface area contributed by atoms with Gasteiger partial charge in [-0.15, -0.1) is 0 Å². The summed E-state index contributed by atoms with van der Waals surface area (Å²) in [6.45, 7) is 0.890. The van der Waals surface area contributed by atoms with E-state index in [9.17, 15) is 0 Å². The number of fused-ring (bicyclic) bond motifs is 1. The Bertz CT molecular complexity index is 904. The van der Waals surface area contributed by atoms with Crippen molar-refractivity contribution in [3.63, 3.8) is 0 Å². The molecule has 0 saturated heterocycles. The molecule has 126 valence electrons. The first kappa shape index (κ1) is 15.5. The van der Waals surface area contributed by atoms with Crippen molar-refractivity contribution in [3.8, 4) is 11.5 Å². The Kier molecular flexibility index (Phi) is 4.26. The monoisotopic (exact) mass is 354 g/mol. The van der Waals surface area contributed by atoms with Crippen LogP contribution in [0.2, 0.25) is 5.02 Å². The smallest absolute Gasteiger partial charge is 0.231 e. The predicted octanol–water partition coefficient (Wildman–Crippen LogP) is 4.21. The van der Waals surface area contributed by atoms with Crippen LogP contribution in [0.4, 0.5) is 17.5 Å². The van der Waals surface area contributed by atoms with Crippen molar-refractivity contribution in [1.29, 1.82) is 0 Å². The molecule has 0 saturated carbocycles. The maximum absolute atomic E-state index is 5.99. The number of nitrogens with zero attached hydrogens (tertiary/aromatic N) is 2. The number of aromatic nitrogens is 2. The first-order valence-corrected chi connectivity index (χ1v) is 8.12. The van der Waals surface area contributed by atoms with Crippen LogP contribution in [-0.4, -0.2) is 16.8 Å². The van der Waals surface area contributed by atoms with Crippen LogP contribution in [0.1, 0.15) is 5.56 Å². The molecule has 0 bridgehead atoms. The van der Waals surface area contributed by atoms with Crippen molar-refractivity contribution in [2.75, 3.05) is 17.4 Å². The van der Waals surface area contributed by atoms with Crippen LogP contribution in [-0.2, 0) is 6.54 Å². The third-order valence-corrected chi connectivity index (χ3v) is 3.88. The molecule has 25 heavy (non-hydrogen) atoms. The largest absolute Gasteiger partial charge is 0.454 e. The van der Waals surface area contributed by atoms with Gasteiger partial charge >= 0.3 is 0 Å². The second kappa shape index (κ2) is 6.86. The first-order valence-electron chi connectivity index (χ1n) is 7.74. The second-order valence-electron chi connectivity index (χ2n) is 5.44. The molecule has 2 heterocycles. The van der Waals surface area contributed by atoms with Gasteiger partial charge in [0.05, 0.1) is 0 Å². The maximum atomic E-state index is 5.99.